The fourth-order valence-corrected chi connectivity index (χ4v) is 4.87. The standard InChI is InChI=1S/C26H26FN5O5S.ClH/c1-36-21-8-6-17(7-9-21)15-29-38(34,35)22-5-3-4-18(12-22)23-13-19(26(33)37-2)14-24-25(23)30-31-32(24)16-20(27)10-11-28;/h3-10,12-14,29H,11,15-16,28H2,1-2H3;1H/b20-10-;. The normalized spacial score (nSPS) is 11.7. The molecule has 0 radical (unpaired) electrons. The first-order valence-corrected chi connectivity index (χ1v) is 13.0. The Kier molecular flexibility index (Phi) is 9.76. The van der Waals surface area contributed by atoms with Crippen LogP contribution in [0.25, 0.3) is 22.2 Å². The maximum Gasteiger partial charge on any atom is 0.337 e. The van der Waals surface area contributed by atoms with Crippen molar-refractivity contribution in [2.75, 3.05) is 20.8 Å². The molecule has 0 spiro atoms. The first-order valence-electron chi connectivity index (χ1n) is 11.5. The van der Waals surface area contributed by atoms with Crippen molar-refractivity contribution in [1.29, 1.82) is 0 Å². The number of hydrogen-bond donors (Lipinski definition) is 2. The molecular formula is C26H27ClFN5O5S. The van der Waals surface area contributed by atoms with Crippen molar-refractivity contribution >= 4 is 39.4 Å². The molecule has 13 heteroatoms. The Morgan fingerprint density at radius 3 is 2.54 bits per heavy atom. The lowest BCUT2D eigenvalue weighted by molar-refractivity contribution is 0.0601. The second-order valence-electron chi connectivity index (χ2n) is 8.22. The fraction of sp³-hybridized carbons (Fsp3) is 0.192. The molecule has 0 saturated carbocycles. The minimum atomic E-state index is -3.89. The number of hydrogen-bond acceptors (Lipinski definition) is 8. The van der Waals surface area contributed by atoms with Crippen molar-refractivity contribution in [3.63, 3.8) is 0 Å². The van der Waals surface area contributed by atoms with Crippen molar-refractivity contribution in [3.05, 3.63) is 83.7 Å². The largest absolute Gasteiger partial charge is 0.497 e. The molecule has 0 saturated heterocycles. The summed E-state index contributed by atoms with van der Waals surface area (Å²) in [5.74, 6) is -0.468. The molecule has 206 valence electrons. The van der Waals surface area contributed by atoms with Crippen LogP contribution in [0.1, 0.15) is 15.9 Å². The summed E-state index contributed by atoms with van der Waals surface area (Å²) in [5.41, 5.74) is 7.95. The van der Waals surface area contributed by atoms with Crippen LogP contribution in [0.15, 0.2) is 77.5 Å². The summed E-state index contributed by atoms with van der Waals surface area (Å²) in [5, 5.41) is 8.21. The number of sulfonamides is 1. The quantitative estimate of drug-likeness (QED) is 0.273. The van der Waals surface area contributed by atoms with Gasteiger partial charge < -0.3 is 15.2 Å². The molecule has 0 aliphatic rings. The highest BCUT2D eigenvalue weighted by molar-refractivity contribution is 7.89. The Bertz CT molecular complexity index is 1610. The Labute approximate surface area is 231 Å². The number of nitrogens with two attached hydrogens (primary N) is 1. The number of halogens is 2. The maximum absolute atomic E-state index is 14.2. The second-order valence-corrected chi connectivity index (χ2v) is 9.98. The summed E-state index contributed by atoms with van der Waals surface area (Å²) in [7, 11) is -1.09. The van der Waals surface area contributed by atoms with Gasteiger partial charge in [-0.1, -0.05) is 29.5 Å². The summed E-state index contributed by atoms with van der Waals surface area (Å²) < 4.78 is 54.2. The average molecular weight is 576 g/mol. The van der Waals surface area contributed by atoms with Crippen LogP contribution in [-0.2, 0) is 27.8 Å². The van der Waals surface area contributed by atoms with E-state index in [2.05, 4.69) is 15.0 Å². The monoisotopic (exact) mass is 575 g/mol. The van der Waals surface area contributed by atoms with Gasteiger partial charge >= 0.3 is 5.97 Å². The number of nitrogens with one attached hydrogen (secondary N) is 1. The molecule has 4 rings (SSSR count). The van der Waals surface area contributed by atoms with Crippen molar-refractivity contribution in [2.24, 2.45) is 5.73 Å². The highest BCUT2D eigenvalue weighted by Gasteiger charge is 2.20. The molecule has 0 aliphatic carbocycles. The molecule has 3 aromatic carbocycles. The first kappa shape index (κ1) is 29.7. The van der Waals surface area contributed by atoms with Crippen molar-refractivity contribution in [3.8, 4) is 16.9 Å². The summed E-state index contributed by atoms with van der Waals surface area (Å²) in [6, 6.07) is 16.3. The number of fused-ring (bicyclic) bond motifs is 1. The molecule has 0 amide bonds. The van der Waals surface area contributed by atoms with E-state index in [-0.39, 0.29) is 42.5 Å². The van der Waals surface area contributed by atoms with E-state index in [1.54, 1.807) is 43.5 Å². The lowest BCUT2D eigenvalue weighted by Gasteiger charge is -2.11. The lowest BCUT2D eigenvalue weighted by atomic mass is 10.0. The van der Waals surface area contributed by atoms with Gasteiger partial charge in [0.25, 0.3) is 0 Å². The first-order chi connectivity index (χ1) is 18.2. The molecule has 0 atom stereocenters. The molecule has 0 fully saturated rings. The number of allylic oxidation sites excluding steroid dienone is 1. The molecular weight excluding hydrogens is 549 g/mol. The number of nitrogens with zero attached hydrogens (tertiary/aromatic N) is 3. The topological polar surface area (TPSA) is 138 Å². The van der Waals surface area contributed by atoms with E-state index in [0.717, 1.165) is 5.56 Å². The number of carbonyl (C=O) groups excluding carboxylic acids is 1. The third-order valence-corrected chi connectivity index (χ3v) is 7.16. The van der Waals surface area contributed by atoms with E-state index in [1.165, 1.54) is 42.1 Å². The van der Waals surface area contributed by atoms with Gasteiger partial charge in [0.05, 0.1) is 36.7 Å². The second kappa shape index (κ2) is 12.8. The predicted octanol–water partition coefficient (Wildman–Crippen LogP) is 3.61. The summed E-state index contributed by atoms with van der Waals surface area (Å²) >= 11 is 0. The Morgan fingerprint density at radius 1 is 1.13 bits per heavy atom. The van der Waals surface area contributed by atoms with Crippen LogP contribution in [0.2, 0.25) is 0 Å². The van der Waals surface area contributed by atoms with E-state index in [1.807, 2.05) is 0 Å². The number of carbonyl (C=O) groups is 1. The number of aromatic nitrogens is 3. The van der Waals surface area contributed by atoms with Gasteiger partial charge in [0.2, 0.25) is 10.0 Å². The Hall–Kier alpha value is -3.84. The Balaban J connectivity index is 0.00000420. The Morgan fingerprint density at radius 2 is 1.87 bits per heavy atom. The van der Waals surface area contributed by atoms with Crippen LogP contribution in [0.3, 0.4) is 0 Å². The van der Waals surface area contributed by atoms with Gasteiger partial charge in [-0.25, -0.2) is 27.0 Å². The summed E-state index contributed by atoms with van der Waals surface area (Å²) in [6.45, 7) is -0.138. The molecule has 4 aromatic rings. The van der Waals surface area contributed by atoms with Crippen LogP contribution >= 0.6 is 12.4 Å². The minimum Gasteiger partial charge on any atom is -0.497 e. The van der Waals surface area contributed by atoms with E-state index < -0.39 is 21.8 Å². The fourth-order valence-electron chi connectivity index (χ4n) is 3.81. The third-order valence-electron chi connectivity index (χ3n) is 5.76. The van der Waals surface area contributed by atoms with Crippen LogP contribution in [0.4, 0.5) is 4.39 Å². The van der Waals surface area contributed by atoms with Gasteiger partial charge in [-0.15, -0.1) is 17.5 Å². The SMILES string of the molecule is COC(=O)c1cc(-c2cccc(S(=O)(=O)NCc3ccc(OC)cc3)c2)c2nnn(C/C(F)=C/CN)c2c1.Cl. The van der Waals surface area contributed by atoms with Crippen LogP contribution in [0.5, 0.6) is 5.75 Å². The average Bonchev–Trinajstić information content (AvgIpc) is 3.33. The molecule has 39 heavy (non-hydrogen) atoms. The zero-order chi connectivity index (χ0) is 27.3. The number of methoxy groups -OCH3 is 2. The molecule has 0 bridgehead atoms. The van der Waals surface area contributed by atoms with Crippen molar-refractivity contribution in [1.82, 2.24) is 19.7 Å². The minimum absolute atomic E-state index is 0. The van der Waals surface area contributed by atoms with Crippen molar-refractivity contribution in [2.45, 2.75) is 18.0 Å². The highest BCUT2D eigenvalue weighted by Crippen LogP contribution is 2.31. The zero-order valence-corrected chi connectivity index (χ0v) is 22.8. The van der Waals surface area contributed by atoms with E-state index in [4.69, 9.17) is 15.2 Å². The van der Waals surface area contributed by atoms with Gasteiger partial charge in [0, 0.05) is 18.7 Å². The van der Waals surface area contributed by atoms with E-state index >= 15 is 0 Å². The van der Waals surface area contributed by atoms with Gasteiger partial charge in [0.1, 0.15) is 17.1 Å². The number of rotatable bonds is 10. The summed E-state index contributed by atoms with van der Waals surface area (Å²) in [6.07, 6.45) is 1.21. The lowest BCUT2D eigenvalue weighted by Crippen LogP contribution is -2.23. The van der Waals surface area contributed by atoms with Gasteiger partial charge in [0.15, 0.2) is 0 Å². The van der Waals surface area contributed by atoms with Crippen molar-refractivity contribution < 1.29 is 27.1 Å². The van der Waals surface area contributed by atoms with Crippen LogP contribution < -0.4 is 15.2 Å². The molecule has 10 nitrogen and oxygen atoms in total. The predicted molar refractivity (Wildman–Crippen MR) is 147 cm³/mol. The van der Waals surface area contributed by atoms with Crippen LogP contribution in [-0.4, -0.2) is 50.1 Å². The maximum atomic E-state index is 14.2. The molecule has 1 heterocycles. The van der Waals surface area contributed by atoms with Gasteiger partial charge in [-0.3, -0.25) is 0 Å². The van der Waals surface area contributed by atoms with Crippen LogP contribution in [0, 0.1) is 0 Å². The van der Waals surface area contributed by atoms with E-state index in [9.17, 15) is 17.6 Å². The highest BCUT2D eigenvalue weighted by atomic mass is 35.5. The molecule has 3 N–H and O–H groups in total. The van der Waals surface area contributed by atoms with Gasteiger partial charge in [-0.2, -0.15) is 0 Å². The number of ether oxygens (including phenoxy) is 2. The molecule has 0 unspecified atom stereocenters. The molecule has 1 aromatic heterocycles. The molecule has 0 aliphatic heterocycles. The van der Waals surface area contributed by atoms with Gasteiger partial charge in [-0.05, 0) is 53.6 Å². The summed E-state index contributed by atoms with van der Waals surface area (Å²) in [4.78, 5) is 12.4. The number of esters is 1. The van der Waals surface area contributed by atoms with E-state index in [0.29, 0.717) is 27.9 Å². The number of benzene rings is 3. The third kappa shape index (κ3) is 6.79. The smallest absolute Gasteiger partial charge is 0.337 e. The zero-order valence-electron chi connectivity index (χ0n) is 21.1.